The first-order valence-corrected chi connectivity index (χ1v) is 4.88. The Morgan fingerprint density at radius 1 is 1.33 bits per heavy atom. The fourth-order valence-corrected chi connectivity index (χ4v) is 0.932. The van der Waals surface area contributed by atoms with Gasteiger partial charge >= 0.3 is 0 Å². The van der Waals surface area contributed by atoms with Crippen LogP contribution in [0.3, 0.4) is 0 Å². The Hall–Kier alpha value is -1.14. The zero-order chi connectivity index (χ0) is 11.8. The van der Waals surface area contributed by atoms with Crippen LogP contribution >= 0.6 is 0 Å². The van der Waals surface area contributed by atoms with E-state index in [1.54, 1.807) is 0 Å². The molecule has 2 amide bonds. The van der Waals surface area contributed by atoms with Crippen molar-refractivity contribution >= 4 is 11.8 Å². The lowest BCUT2D eigenvalue weighted by atomic mass is 10.1. The number of aliphatic hydroxyl groups excluding tert-OH is 1. The number of rotatable bonds is 6. The van der Waals surface area contributed by atoms with Crippen molar-refractivity contribution < 1.29 is 14.7 Å². The van der Waals surface area contributed by atoms with Gasteiger partial charge in [0.25, 0.3) is 0 Å². The number of nitrogens with one attached hydrogen (secondary N) is 2. The third-order valence-electron chi connectivity index (χ3n) is 1.98. The van der Waals surface area contributed by atoms with Gasteiger partial charge in [0.2, 0.25) is 11.8 Å². The van der Waals surface area contributed by atoms with E-state index < -0.39 is 0 Å². The Morgan fingerprint density at radius 3 is 2.33 bits per heavy atom. The monoisotopic (exact) mass is 217 g/mol. The summed E-state index contributed by atoms with van der Waals surface area (Å²) in [4.78, 5) is 22.0. The van der Waals surface area contributed by atoms with Crippen molar-refractivity contribution in [3.8, 4) is 0 Å². The zero-order valence-corrected chi connectivity index (χ0v) is 9.12. The van der Waals surface area contributed by atoms with Gasteiger partial charge in [-0.3, -0.25) is 9.59 Å². The molecule has 0 unspecified atom stereocenters. The Bertz CT molecular complexity index is 219. The molecule has 0 aliphatic rings. The van der Waals surface area contributed by atoms with Gasteiger partial charge in [0, 0.05) is 0 Å². The predicted octanol–water partition coefficient (Wildman–Crippen LogP) is -1.81. The molecule has 5 N–H and O–H groups in total. The van der Waals surface area contributed by atoms with Crippen LogP contribution in [0, 0.1) is 5.92 Å². The molecule has 6 nitrogen and oxygen atoms in total. The summed E-state index contributed by atoms with van der Waals surface area (Å²) in [5.41, 5.74) is 5.05. The normalized spacial score (nSPS) is 12.3. The van der Waals surface area contributed by atoms with Crippen LogP contribution in [0.1, 0.15) is 13.8 Å². The average molecular weight is 217 g/mol. The van der Waals surface area contributed by atoms with E-state index in [0.29, 0.717) is 0 Å². The second-order valence-corrected chi connectivity index (χ2v) is 3.58. The van der Waals surface area contributed by atoms with Crippen LogP contribution in [0.15, 0.2) is 0 Å². The van der Waals surface area contributed by atoms with E-state index in [1.807, 2.05) is 13.8 Å². The number of carbonyl (C=O) groups excluding carboxylic acids is 2. The largest absolute Gasteiger partial charge is 0.394 e. The van der Waals surface area contributed by atoms with E-state index in [1.165, 1.54) is 0 Å². The highest BCUT2D eigenvalue weighted by Gasteiger charge is 2.14. The maximum atomic E-state index is 11.3. The number of amides is 2. The van der Waals surface area contributed by atoms with Crippen molar-refractivity contribution in [2.75, 3.05) is 19.7 Å². The molecule has 0 heterocycles. The van der Waals surface area contributed by atoms with E-state index in [0.717, 1.165) is 0 Å². The molecular weight excluding hydrogens is 198 g/mol. The summed E-state index contributed by atoms with van der Waals surface area (Å²) in [5.74, 6) is -0.566. The van der Waals surface area contributed by atoms with Gasteiger partial charge < -0.3 is 21.5 Å². The Balaban J connectivity index is 3.86. The lowest BCUT2D eigenvalue weighted by Crippen LogP contribution is -2.46. The molecule has 6 heteroatoms. The molecule has 15 heavy (non-hydrogen) atoms. The van der Waals surface area contributed by atoms with Crippen molar-refractivity contribution in [2.45, 2.75) is 19.9 Å². The molecule has 88 valence electrons. The van der Waals surface area contributed by atoms with Crippen LogP contribution in [-0.4, -0.2) is 42.7 Å². The van der Waals surface area contributed by atoms with Crippen molar-refractivity contribution in [2.24, 2.45) is 11.7 Å². The lowest BCUT2D eigenvalue weighted by Gasteiger charge is -2.19. The number of nitrogens with two attached hydrogens (primary N) is 1. The summed E-state index contributed by atoms with van der Waals surface area (Å²) >= 11 is 0. The van der Waals surface area contributed by atoms with Gasteiger partial charge in [-0.05, 0) is 5.92 Å². The van der Waals surface area contributed by atoms with E-state index in [4.69, 9.17) is 10.8 Å². The first-order chi connectivity index (χ1) is 7.01. The Labute approximate surface area is 89.2 Å². The van der Waals surface area contributed by atoms with Crippen molar-refractivity contribution in [3.63, 3.8) is 0 Å². The highest BCUT2D eigenvalue weighted by molar-refractivity contribution is 5.85. The Morgan fingerprint density at radius 2 is 1.93 bits per heavy atom. The maximum Gasteiger partial charge on any atom is 0.239 e. The number of hydrogen-bond donors (Lipinski definition) is 4. The lowest BCUT2D eigenvalue weighted by molar-refractivity contribution is -0.126. The standard InChI is InChI=1S/C9H19N3O3/c1-6(2)7(5-13)12-9(15)4-11-8(14)3-10/h6-7,13H,3-5,10H2,1-2H3,(H,11,14)(H,12,15)/t7-/m1/s1. The van der Waals surface area contributed by atoms with E-state index in [9.17, 15) is 9.59 Å². The predicted molar refractivity (Wildman–Crippen MR) is 55.9 cm³/mol. The fraction of sp³-hybridized carbons (Fsp3) is 0.778. The molecule has 1 atom stereocenters. The average Bonchev–Trinajstić information content (AvgIpc) is 2.21. The molecule has 0 aromatic carbocycles. The molecule has 0 aromatic rings. The molecule has 0 aliphatic carbocycles. The molecule has 0 aliphatic heterocycles. The highest BCUT2D eigenvalue weighted by Crippen LogP contribution is 1.99. The van der Waals surface area contributed by atoms with Crippen molar-refractivity contribution in [1.29, 1.82) is 0 Å². The smallest absolute Gasteiger partial charge is 0.239 e. The Kier molecular flexibility index (Phi) is 6.64. The first kappa shape index (κ1) is 13.9. The van der Waals surface area contributed by atoms with Crippen LogP contribution in [0.2, 0.25) is 0 Å². The third kappa shape index (κ3) is 6.03. The molecule has 0 fully saturated rings. The van der Waals surface area contributed by atoms with Gasteiger partial charge in [-0.1, -0.05) is 13.8 Å². The van der Waals surface area contributed by atoms with Gasteiger partial charge in [-0.25, -0.2) is 0 Å². The van der Waals surface area contributed by atoms with Crippen molar-refractivity contribution in [3.05, 3.63) is 0 Å². The quantitative estimate of drug-likeness (QED) is 0.421. The molecule has 0 bridgehead atoms. The van der Waals surface area contributed by atoms with Crippen LogP contribution in [0.25, 0.3) is 0 Å². The summed E-state index contributed by atoms with van der Waals surface area (Å²) < 4.78 is 0. The topological polar surface area (TPSA) is 104 Å². The van der Waals surface area contributed by atoms with E-state index >= 15 is 0 Å². The third-order valence-corrected chi connectivity index (χ3v) is 1.98. The van der Waals surface area contributed by atoms with Gasteiger partial charge in [-0.2, -0.15) is 0 Å². The molecule has 0 rings (SSSR count). The second-order valence-electron chi connectivity index (χ2n) is 3.58. The summed E-state index contributed by atoms with van der Waals surface area (Å²) in [6, 6.07) is -0.285. The van der Waals surface area contributed by atoms with Gasteiger partial charge in [0.15, 0.2) is 0 Å². The molecule has 0 aromatic heterocycles. The van der Waals surface area contributed by atoms with Gasteiger partial charge in [0.05, 0.1) is 25.7 Å². The maximum absolute atomic E-state index is 11.3. The van der Waals surface area contributed by atoms with Gasteiger partial charge in [0.1, 0.15) is 0 Å². The van der Waals surface area contributed by atoms with Crippen LogP contribution in [-0.2, 0) is 9.59 Å². The van der Waals surface area contributed by atoms with E-state index in [2.05, 4.69) is 10.6 Å². The van der Waals surface area contributed by atoms with Crippen LogP contribution in [0.5, 0.6) is 0 Å². The molecule has 0 spiro atoms. The SMILES string of the molecule is CC(C)[C@@H](CO)NC(=O)CNC(=O)CN. The molecule has 0 radical (unpaired) electrons. The number of aliphatic hydroxyl groups is 1. The molecular formula is C9H19N3O3. The zero-order valence-electron chi connectivity index (χ0n) is 9.12. The summed E-state index contributed by atoms with van der Waals surface area (Å²) in [6.45, 7) is 3.41. The number of carbonyl (C=O) groups is 2. The van der Waals surface area contributed by atoms with Crippen LogP contribution < -0.4 is 16.4 Å². The first-order valence-electron chi connectivity index (χ1n) is 4.88. The minimum atomic E-state index is -0.379. The minimum Gasteiger partial charge on any atom is -0.394 e. The number of hydrogen-bond acceptors (Lipinski definition) is 4. The minimum absolute atomic E-state index is 0.112. The van der Waals surface area contributed by atoms with Crippen molar-refractivity contribution in [1.82, 2.24) is 10.6 Å². The van der Waals surface area contributed by atoms with E-state index in [-0.39, 0.29) is 43.5 Å². The van der Waals surface area contributed by atoms with Crippen LogP contribution in [0.4, 0.5) is 0 Å². The molecule has 0 saturated carbocycles. The highest BCUT2D eigenvalue weighted by atomic mass is 16.3. The summed E-state index contributed by atoms with van der Waals surface area (Å²) in [5, 5.41) is 13.9. The summed E-state index contributed by atoms with van der Waals surface area (Å²) in [6.07, 6.45) is 0. The summed E-state index contributed by atoms with van der Waals surface area (Å²) in [7, 11) is 0. The van der Waals surface area contributed by atoms with Gasteiger partial charge in [-0.15, -0.1) is 0 Å². The second kappa shape index (κ2) is 7.19. The molecule has 0 saturated heterocycles. The fourth-order valence-electron chi connectivity index (χ4n) is 0.932.